The van der Waals surface area contributed by atoms with Gasteiger partial charge in [-0.3, -0.25) is 4.79 Å². The fourth-order valence-electron chi connectivity index (χ4n) is 1.23. The van der Waals surface area contributed by atoms with Crippen molar-refractivity contribution in [2.75, 3.05) is 12.4 Å². The number of halogens is 3. The molecule has 0 radical (unpaired) electrons. The van der Waals surface area contributed by atoms with Gasteiger partial charge in [-0.2, -0.15) is 0 Å². The molecule has 0 saturated heterocycles. The summed E-state index contributed by atoms with van der Waals surface area (Å²) in [4.78, 5) is 23.7. The number of carbonyl (C=O) groups is 2. The van der Waals surface area contributed by atoms with Crippen LogP contribution < -0.4 is 5.32 Å². The lowest BCUT2D eigenvalue weighted by atomic mass is 10.1. The van der Waals surface area contributed by atoms with Crippen molar-refractivity contribution in [1.29, 1.82) is 0 Å². The van der Waals surface area contributed by atoms with Crippen molar-refractivity contribution in [3.05, 3.63) is 26.6 Å². The molecule has 0 heterocycles. The van der Waals surface area contributed by atoms with E-state index in [1.54, 1.807) is 26.0 Å². The molecule has 1 N–H and O–H groups in total. The number of esters is 1. The molecule has 104 valence electrons. The summed E-state index contributed by atoms with van der Waals surface area (Å²) >= 11 is 9.88. The highest BCUT2D eigenvalue weighted by atomic mass is 79.9. The van der Waals surface area contributed by atoms with Crippen LogP contribution in [0.15, 0.2) is 21.1 Å². The first-order valence-corrected chi connectivity index (χ1v) is 7.62. The van der Waals surface area contributed by atoms with Gasteiger partial charge in [0.15, 0.2) is 0 Å². The van der Waals surface area contributed by atoms with Gasteiger partial charge in [0.2, 0.25) is 5.91 Å². The standard InChI is InChI=1S/C12H12Br3NO3/c1-12(2,15)11(18)16-9-7(10(17)19-3)4-6(13)5-8(9)14/h4-5H,1-3H3,(H,16,18). The van der Waals surface area contributed by atoms with Crippen LogP contribution in [0.5, 0.6) is 0 Å². The molecule has 1 aromatic carbocycles. The molecule has 7 heteroatoms. The minimum absolute atomic E-state index is 0.263. The van der Waals surface area contributed by atoms with Crippen molar-refractivity contribution >= 4 is 65.4 Å². The van der Waals surface area contributed by atoms with Gasteiger partial charge in [0.05, 0.1) is 22.7 Å². The van der Waals surface area contributed by atoms with Gasteiger partial charge in [0.1, 0.15) is 0 Å². The van der Waals surface area contributed by atoms with Crippen LogP contribution in [0.3, 0.4) is 0 Å². The van der Waals surface area contributed by atoms with Crippen LogP contribution in [0.4, 0.5) is 5.69 Å². The number of nitrogens with one attached hydrogen (secondary N) is 1. The minimum Gasteiger partial charge on any atom is -0.465 e. The van der Waals surface area contributed by atoms with E-state index in [9.17, 15) is 9.59 Å². The summed E-state index contributed by atoms with van der Waals surface area (Å²) in [6.07, 6.45) is 0. The topological polar surface area (TPSA) is 55.4 Å². The van der Waals surface area contributed by atoms with Gasteiger partial charge in [-0.25, -0.2) is 4.79 Å². The number of hydrogen-bond acceptors (Lipinski definition) is 3. The normalized spacial score (nSPS) is 11.1. The summed E-state index contributed by atoms with van der Waals surface area (Å²) in [5.41, 5.74) is 0.654. The second-order valence-electron chi connectivity index (χ2n) is 4.23. The van der Waals surface area contributed by atoms with Gasteiger partial charge in [0, 0.05) is 8.95 Å². The molecule has 0 aliphatic heterocycles. The maximum atomic E-state index is 12.0. The number of carbonyl (C=O) groups excluding carboxylic acids is 2. The number of benzene rings is 1. The molecule has 0 aliphatic carbocycles. The first-order chi connectivity index (χ1) is 8.66. The Kier molecular flexibility index (Phi) is 5.58. The molecule has 4 nitrogen and oxygen atoms in total. The van der Waals surface area contributed by atoms with Crippen LogP contribution in [0.1, 0.15) is 24.2 Å². The zero-order valence-electron chi connectivity index (χ0n) is 10.5. The summed E-state index contributed by atoms with van der Waals surface area (Å²) in [5.74, 6) is -0.787. The van der Waals surface area contributed by atoms with E-state index in [2.05, 4.69) is 53.1 Å². The Hall–Kier alpha value is -0.400. The minimum atomic E-state index is -0.743. The third-order valence-electron chi connectivity index (χ3n) is 2.24. The first kappa shape index (κ1) is 16.7. The van der Waals surface area contributed by atoms with Crippen LogP contribution in [0, 0.1) is 0 Å². The van der Waals surface area contributed by atoms with E-state index >= 15 is 0 Å². The van der Waals surface area contributed by atoms with Gasteiger partial charge in [-0.15, -0.1) is 0 Å². The van der Waals surface area contributed by atoms with E-state index in [-0.39, 0.29) is 11.5 Å². The van der Waals surface area contributed by atoms with Crippen LogP contribution in [0.25, 0.3) is 0 Å². The van der Waals surface area contributed by atoms with Crippen molar-refractivity contribution in [2.24, 2.45) is 0 Å². The van der Waals surface area contributed by atoms with Crippen molar-refractivity contribution in [3.8, 4) is 0 Å². The average Bonchev–Trinajstić information content (AvgIpc) is 2.29. The largest absolute Gasteiger partial charge is 0.465 e. The molecule has 1 aromatic rings. The lowest BCUT2D eigenvalue weighted by molar-refractivity contribution is -0.117. The summed E-state index contributed by atoms with van der Waals surface area (Å²) < 4.78 is 5.26. The number of hydrogen-bond donors (Lipinski definition) is 1. The number of alkyl halides is 1. The Morgan fingerprint density at radius 1 is 1.26 bits per heavy atom. The van der Waals surface area contributed by atoms with Crippen molar-refractivity contribution in [2.45, 2.75) is 18.2 Å². The van der Waals surface area contributed by atoms with Gasteiger partial charge >= 0.3 is 5.97 Å². The molecular formula is C12H12Br3NO3. The maximum Gasteiger partial charge on any atom is 0.340 e. The predicted molar refractivity (Wildman–Crippen MR) is 84.8 cm³/mol. The summed E-state index contributed by atoms with van der Waals surface area (Å²) in [7, 11) is 1.29. The van der Waals surface area contributed by atoms with E-state index in [0.717, 1.165) is 0 Å². The molecule has 1 amide bonds. The maximum absolute atomic E-state index is 12.0. The molecule has 1 rings (SSSR count). The Morgan fingerprint density at radius 3 is 2.32 bits per heavy atom. The molecule has 0 unspecified atom stereocenters. The van der Waals surface area contributed by atoms with Crippen molar-refractivity contribution in [3.63, 3.8) is 0 Å². The highest BCUT2D eigenvalue weighted by Crippen LogP contribution is 2.32. The smallest absolute Gasteiger partial charge is 0.340 e. The van der Waals surface area contributed by atoms with Crippen LogP contribution in [0.2, 0.25) is 0 Å². The monoisotopic (exact) mass is 455 g/mol. The molecule has 0 aromatic heterocycles. The van der Waals surface area contributed by atoms with Gasteiger partial charge in [-0.05, 0) is 41.9 Å². The highest BCUT2D eigenvalue weighted by molar-refractivity contribution is 9.11. The zero-order valence-corrected chi connectivity index (χ0v) is 15.3. The van der Waals surface area contributed by atoms with Gasteiger partial charge in [0.25, 0.3) is 0 Å². The lowest BCUT2D eigenvalue weighted by Crippen LogP contribution is -2.31. The first-order valence-electron chi connectivity index (χ1n) is 5.24. The fourth-order valence-corrected chi connectivity index (χ4v) is 2.66. The summed E-state index contributed by atoms with van der Waals surface area (Å²) in [5, 5.41) is 2.71. The number of anilines is 1. The second kappa shape index (κ2) is 6.37. The SMILES string of the molecule is COC(=O)c1cc(Br)cc(Br)c1NC(=O)C(C)(C)Br. The van der Waals surface area contributed by atoms with E-state index < -0.39 is 10.3 Å². The third kappa shape index (κ3) is 4.29. The lowest BCUT2D eigenvalue weighted by Gasteiger charge is -2.18. The number of ether oxygens (including phenoxy) is 1. The third-order valence-corrected chi connectivity index (χ3v) is 3.68. The molecule has 0 atom stereocenters. The van der Waals surface area contributed by atoms with Crippen molar-refractivity contribution in [1.82, 2.24) is 0 Å². The van der Waals surface area contributed by atoms with E-state index in [4.69, 9.17) is 4.74 Å². The molecular weight excluding hydrogens is 446 g/mol. The summed E-state index contributed by atoms with van der Waals surface area (Å²) in [6, 6.07) is 3.33. The van der Waals surface area contributed by atoms with E-state index in [1.165, 1.54) is 7.11 Å². The predicted octanol–water partition coefficient (Wildman–Crippen LogP) is 4.11. The number of methoxy groups -OCH3 is 1. The van der Waals surface area contributed by atoms with Crippen LogP contribution in [-0.2, 0) is 9.53 Å². The molecule has 0 aliphatic rings. The van der Waals surface area contributed by atoms with Crippen LogP contribution in [-0.4, -0.2) is 23.3 Å². The Morgan fingerprint density at radius 2 is 1.84 bits per heavy atom. The Bertz CT molecular complexity index is 524. The van der Waals surface area contributed by atoms with Crippen LogP contribution >= 0.6 is 47.8 Å². The molecule has 0 bridgehead atoms. The van der Waals surface area contributed by atoms with E-state index in [1.807, 2.05) is 0 Å². The number of amides is 1. The molecule has 0 fully saturated rings. The molecule has 0 saturated carbocycles. The summed E-state index contributed by atoms with van der Waals surface area (Å²) in [6.45, 7) is 3.43. The zero-order chi connectivity index (χ0) is 14.8. The number of rotatable bonds is 3. The Labute approximate surface area is 136 Å². The fraction of sp³-hybridized carbons (Fsp3) is 0.333. The average molecular weight is 458 g/mol. The molecule has 19 heavy (non-hydrogen) atoms. The molecule has 0 spiro atoms. The van der Waals surface area contributed by atoms with Gasteiger partial charge in [-0.1, -0.05) is 31.9 Å². The highest BCUT2D eigenvalue weighted by Gasteiger charge is 2.26. The quantitative estimate of drug-likeness (QED) is 0.549. The van der Waals surface area contributed by atoms with E-state index in [0.29, 0.717) is 14.6 Å². The second-order valence-corrected chi connectivity index (χ2v) is 7.98. The Balaban J connectivity index is 3.26. The van der Waals surface area contributed by atoms with Crippen molar-refractivity contribution < 1.29 is 14.3 Å². The van der Waals surface area contributed by atoms with Gasteiger partial charge < -0.3 is 10.1 Å².